The molecule has 3 atom stereocenters. The van der Waals surface area contributed by atoms with E-state index in [9.17, 15) is 4.79 Å². The summed E-state index contributed by atoms with van der Waals surface area (Å²) in [7, 11) is 0. The van der Waals surface area contributed by atoms with Gasteiger partial charge in [-0.05, 0) is 42.2 Å². The van der Waals surface area contributed by atoms with E-state index < -0.39 is 0 Å². The third-order valence-corrected chi connectivity index (χ3v) is 7.94. The first-order valence-electron chi connectivity index (χ1n) is 13.1. The second kappa shape index (κ2) is 13.0. The van der Waals surface area contributed by atoms with E-state index in [2.05, 4.69) is 49.7 Å². The van der Waals surface area contributed by atoms with Gasteiger partial charge in [0.25, 0.3) is 0 Å². The van der Waals surface area contributed by atoms with Crippen molar-refractivity contribution in [1.82, 2.24) is 14.8 Å². The maximum atomic E-state index is 12.8. The van der Waals surface area contributed by atoms with Crippen LogP contribution in [-0.4, -0.2) is 32.6 Å². The van der Waals surface area contributed by atoms with Crippen LogP contribution in [0.1, 0.15) is 45.9 Å². The number of carbonyl (C=O) groups excluding carboxylic acids is 1. The molecule has 4 rings (SSSR count). The molecule has 0 N–H and O–H groups in total. The first-order valence-corrected chi connectivity index (χ1v) is 14.1. The molecule has 1 saturated carbocycles. The van der Waals surface area contributed by atoms with Gasteiger partial charge in [0.1, 0.15) is 18.5 Å². The van der Waals surface area contributed by atoms with Gasteiger partial charge in [-0.25, -0.2) is 0 Å². The molecule has 1 aromatic heterocycles. The fourth-order valence-electron chi connectivity index (χ4n) is 5.01. The number of carbonyl (C=O) groups is 1. The predicted molar refractivity (Wildman–Crippen MR) is 148 cm³/mol. The SMILES string of the molecule is C=CCn1c(COc2ccccc2-c2ccccc2)nnc1SCC(=O)OC1CC(C)CCC1C(C)C. The summed E-state index contributed by atoms with van der Waals surface area (Å²) < 4.78 is 14.1. The summed E-state index contributed by atoms with van der Waals surface area (Å²) >= 11 is 1.35. The van der Waals surface area contributed by atoms with Crippen LogP contribution < -0.4 is 4.74 Å². The molecular formula is C30H37N3O3S. The molecule has 2 aromatic carbocycles. The Bertz CT molecular complexity index is 1180. The molecule has 6 nitrogen and oxygen atoms in total. The van der Waals surface area contributed by atoms with E-state index in [0.29, 0.717) is 35.3 Å². The number of benzene rings is 2. The van der Waals surface area contributed by atoms with Crippen LogP contribution in [0.5, 0.6) is 5.75 Å². The number of esters is 1. The molecular weight excluding hydrogens is 482 g/mol. The van der Waals surface area contributed by atoms with Crippen molar-refractivity contribution < 1.29 is 14.3 Å². The number of hydrogen-bond acceptors (Lipinski definition) is 6. The minimum absolute atomic E-state index is 0.00320. The molecule has 1 heterocycles. The Balaban J connectivity index is 1.40. The fraction of sp³-hybridized carbons (Fsp3) is 0.433. The first-order chi connectivity index (χ1) is 18.0. The Morgan fingerprint density at radius 3 is 2.65 bits per heavy atom. The highest BCUT2D eigenvalue weighted by Gasteiger charge is 2.33. The van der Waals surface area contributed by atoms with Crippen LogP contribution in [-0.2, 0) is 22.7 Å². The summed E-state index contributed by atoms with van der Waals surface area (Å²) in [6.07, 6.45) is 5.06. The highest BCUT2D eigenvalue weighted by atomic mass is 32.2. The number of para-hydroxylation sites is 1. The van der Waals surface area contributed by atoms with E-state index in [1.165, 1.54) is 18.2 Å². The van der Waals surface area contributed by atoms with Crippen molar-refractivity contribution in [1.29, 1.82) is 0 Å². The zero-order valence-electron chi connectivity index (χ0n) is 22.0. The van der Waals surface area contributed by atoms with E-state index in [-0.39, 0.29) is 24.4 Å². The molecule has 0 spiro atoms. The van der Waals surface area contributed by atoms with Gasteiger partial charge in [0.15, 0.2) is 11.0 Å². The number of aromatic nitrogens is 3. The van der Waals surface area contributed by atoms with E-state index in [1.54, 1.807) is 6.08 Å². The molecule has 0 amide bonds. The summed E-state index contributed by atoms with van der Waals surface area (Å²) in [6.45, 7) is 11.3. The predicted octanol–water partition coefficient (Wildman–Crippen LogP) is 6.81. The highest BCUT2D eigenvalue weighted by molar-refractivity contribution is 7.99. The molecule has 7 heteroatoms. The minimum Gasteiger partial charge on any atom is -0.485 e. The Morgan fingerprint density at radius 2 is 1.89 bits per heavy atom. The lowest BCUT2D eigenvalue weighted by atomic mass is 9.75. The monoisotopic (exact) mass is 519 g/mol. The molecule has 3 aromatic rings. The lowest BCUT2D eigenvalue weighted by Crippen LogP contribution is -2.36. The highest BCUT2D eigenvalue weighted by Crippen LogP contribution is 2.36. The molecule has 196 valence electrons. The zero-order chi connectivity index (χ0) is 26.2. The van der Waals surface area contributed by atoms with Gasteiger partial charge in [-0.2, -0.15) is 0 Å². The van der Waals surface area contributed by atoms with Gasteiger partial charge in [-0.1, -0.05) is 93.6 Å². The molecule has 0 saturated heterocycles. The number of hydrogen-bond donors (Lipinski definition) is 0. The summed E-state index contributed by atoms with van der Waals surface area (Å²) in [5, 5.41) is 9.36. The van der Waals surface area contributed by atoms with Gasteiger partial charge in [-0.15, -0.1) is 16.8 Å². The maximum Gasteiger partial charge on any atom is 0.316 e. The Hall–Kier alpha value is -3.06. The number of allylic oxidation sites excluding steroid dienone is 1. The third kappa shape index (κ3) is 7.04. The first kappa shape index (κ1) is 27.0. The van der Waals surface area contributed by atoms with Gasteiger partial charge >= 0.3 is 5.97 Å². The van der Waals surface area contributed by atoms with Crippen molar-refractivity contribution in [3.05, 3.63) is 73.1 Å². The Morgan fingerprint density at radius 1 is 1.14 bits per heavy atom. The van der Waals surface area contributed by atoms with E-state index in [0.717, 1.165) is 29.7 Å². The molecule has 0 radical (unpaired) electrons. The average Bonchev–Trinajstić information content (AvgIpc) is 3.28. The lowest BCUT2D eigenvalue weighted by molar-refractivity contribution is -0.152. The van der Waals surface area contributed by atoms with Gasteiger partial charge in [0, 0.05) is 12.1 Å². The van der Waals surface area contributed by atoms with E-state index >= 15 is 0 Å². The van der Waals surface area contributed by atoms with Crippen LogP contribution in [0.25, 0.3) is 11.1 Å². The van der Waals surface area contributed by atoms with Crippen molar-refractivity contribution in [2.75, 3.05) is 5.75 Å². The van der Waals surface area contributed by atoms with Crippen LogP contribution in [0.3, 0.4) is 0 Å². The van der Waals surface area contributed by atoms with Crippen LogP contribution in [0.4, 0.5) is 0 Å². The van der Waals surface area contributed by atoms with Gasteiger partial charge in [-0.3, -0.25) is 9.36 Å². The van der Waals surface area contributed by atoms with E-state index in [4.69, 9.17) is 9.47 Å². The quantitative estimate of drug-likeness (QED) is 0.158. The summed E-state index contributed by atoms with van der Waals surface area (Å²) in [5.74, 6) is 2.98. The van der Waals surface area contributed by atoms with Gasteiger partial charge in [0.2, 0.25) is 0 Å². The van der Waals surface area contributed by atoms with Crippen molar-refractivity contribution in [2.45, 2.75) is 64.4 Å². The largest absolute Gasteiger partial charge is 0.485 e. The van der Waals surface area contributed by atoms with Crippen LogP contribution >= 0.6 is 11.8 Å². The number of rotatable bonds is 11. The number of ether oxygens (including phenoxy) is 2. The van der Waals surface area contributed by atoms with Crippen LogP contribution in [0.15, 0.2) is 72.4 Å². The van der Waals surface area contributed by atoms with E-state index in [1.807, 2.05) is 47.0 Å². The molecule has 1 aliphatic rings. The Kier molecular flexibility index (Phi) is 9.45. The molecule has 1 aliphatic carbocycles. The van der Waals surface area contributed by atoms with Gasteiger partial charge in [0.05, 0.1) is 5.75 Å². The number of nitrogens with zero attached hydrogens (tertiary/aromatic N) is 3. The lowest BCUT2D eigenvalue weighted by Gasteiger charge is -2.36. The third-order valence-electron chi connectivity index (χ3n) is 7.00. The summed E-state index contributed by atoms with van der Waals surface area (Å²) in [4.78, 5) is 12.8. The maximum absolute atomic E-state index is 12.8. The van der Waals surface area contributed by atoms with Crippen LogP contribution in [0.2, 0.25) is 0 Å². The standard InChI is InChI=1S/C30H37N3O3S/c1-5-17-33-28(19-35-26-14-10-9-13-25(26)23-11-7-6-8-12-23)31-32-30(33)37-20-29(34)36-27-18-22(4)15-16-24(27)21(2)3/h5-14,21-22,24,27H,1,15-20H2,2-4H3. The minimum atomic E-state index is -0.197. The second-order valence-corrected chi connectivity index (χ2v) is 11.0. The molecule has 37 heavy (non-hydrogen) atoms. The second-order valence-electron chi connectivity index (χ2n) is 10.1. The zero-order valence-corrected chi connectivity index (χ0v) is 22.8. The topological polar surface area (TPSA) is 66.2 Å². The van der Waals surface area contributed by atoms with Crippen molar-refractivity contribution >= 4 is 17.7 Å². The molecule has 1 fully saturated rings. The normalized spacial score (nSPS) is 19.5. The molecule has 0 aliphatic heterocycles. The fourth-order valence-corrected chi connectivity index (χ4v) is 5.76. The summed E-state index contributed by atoms with van der Waals surface area (Å²) in [6, 6.07) is 18.1. The number of thioether (sulfide) groups is 1. The Labute approximate surface area is 224 Å². The molecule has 0 bridgehead atoms. The van der Waals surface area contributed by atoms with Crippen LogP contribution in [0, 0.1) is 17.8 Å². The van der Waals surface area contributed by atoms with Crippen molar-refractivity contribution in [3.63, 3.8) is 0 Å². The smallest absolute Gasteiger partial charge is 0.316 e. The summed E-state index contributed by atoms with van der Waals surface area (Å²) in [5.41, 5.74) is 2.11. The van der Waals surface area contributed by atoms with Crippen molar-refractivity contribution in [2.24, 2.45) is 17.8 Å². The molecule has 3 unspecified atom stereocenters. The van der Waals surface area contributed by atoms with Gasteiger partial charge < -0.3 is 9.47 Å². The van der Waals surface area contributed by atoms with Crippen molar-refractivity contribution in [3.8, 4) is 16.9 Å². The average molecular weight is 520 g/mol.